The number of halogens is 1. The molecule has 0 bridgehead atoms. The zero-order valence-electron chi connectivity index (χ0n) is 19.8. The van der Waals surface area contributed by atoms with Crippen molar-refractivity contribution in [2.45, 2.75) is 6.42 Å². The Labute approximate surface area is 213 Å². The maximum Gasteiger partial charge on any atom is 0.335 e. The molecule has 0 saturated carbocycles. The average molecular weight is 512 g/mol. The second kappa shape index (κ2) is 12.5. The fraction of sp³-hybridized carbons (Fsp3) is 0.192. The standard InChI is InChI=1S/C26H26ClN3O6/c1-30(13-14-36-19-10-8-18(9-11-19)25(32)33)24(31)16-17-7-12-22(23(15-17)35-2)29-26(34)28-21-6-4-3-5-20(21)27/h3-12,15H,13-14,16H2,1-2H3,(H,32,33)(H2,28,29,34). The van der Waals surface area contributed by atoms with Crippen molar-refractivity contribution in [3.63, 3.8) is 0 Å². The summed E-state index contributed by atoms with van der Waals surface area (Å²) in [4.78, 5) is 37.5. The smallest absolute Gasteiger partial charge is 0.335 e. The quantitative estimate of drug-likeness (QED) is 0.361. The molecule has 188 valence electrons. The zero-order chi connectivity index (χ0) is 26.1. The maximum absolute atomic E-state index is 12.6. The number of anilines is 2. The number of para-hydroxylation sites is 1. The van der Waals surface area contributed by atoms with Gasteiger partial charge in [0.1, 0.15) is 18.1 Å². The molecular formula is C26H26ClN3O6. The number of rotatable bonds is 10. The van der Waals surface area contributed by atoms with Crippen molar-refractivity contribution in [2.75, 3.05) is 37.9 Å². The van der Waals surface area contributed by atoms with Crippen LogP contribution in [0.4, 0.5) is 16.2 Å². The molecule has 10 heteroatoms. The molecule has 0 heterocycles. The monoisotopic (exact) mass is 511 g/mol. The van der Waals surface area contributed by atoms with Gasteiger partial charge in [-0.25, -0.2) is 9.59 Å². The predicted octanol–water partition coefficient (Wildman–Crippen LogP) is 4.77. The molecular weight excluding hydrogens is 486 g/mol. The summed E-state index contributed by atoms with van der Waals surface area (Å²) in [6.07, 6.45) is 0.131. The molecule has 0 spiro atoms. The lowest BCUT2D eigenvalue weighted by Crippen LogP contribution is -2.32. The Morgan fingerprint density at radius 3 is 2.33 bits per heavy atom. The number of nitrogens with one attached hydrogen (secondary N) is 2. The third-order valence-electron chi connectivity index (χ3n) is 5.21. The highest BCUT2D eigenvalue weighted by atomic mass is 35.5. The summed E-state index contributed by atoms with van der Waals surface area (Å²) < 4.78 is 11.0. The number of likely N-dealkylation sites (N-methyl/N-ethyl adjacent to an activating group) is 1. The van der Waals surface area contributed by atoms with Crippen molar-refractivity contribution >= 4 is 40.9 Å². The van der Waals surface area contributed by atoms with Crippen molar-refractivity contribution < 1.29 is 29.0 Å². The molecule has 0 fully saturated rings. The molecule has 36 heavy (non-hydrogen) atoms. The van der Waals surface area contributed by atoms with Gasteiger partial charge in [-0.05, 0) is 54.1 Å². The molecule has 3 amide bonds. The summed E-state index contributed by atoms with van der Waals surface area (Å²) in [5, 5.41) is 14.7. The number of hydrogen-bond donors (Lipinski definition) is 3. The van der Waals surface area contributed by atoms with Crippen molar-refractivity contribution in [2.24, 2.45) is 0 Å². The third-order valence-corrected chi connectivity index (χ3v) is 5.54. The normalized spacial score (nSPS) is 10.3. The van der Waals surface area contributed by atoms with Gasteiger partial charge in [-0.3, -0.25) is 4.79 Å². The number of carboxylic acids is 1. The van der Waals surface area contributed by atoms with Crippen LogP contribution in [0.25, 0.3) is 0 Å². The highest BCUT2D eigenvalue weighted by Crippen LogP contribution is 2.27. The topological polar surface area (TPSA) is 117 Å². The van der Waals surface area contributed by atoms with E-state index in [1.807, 2.05) is 0 Å². The number of urea groups is 1. The summed E-state index contributed by atoms with van der Waals surface area (Å²) in [6, 6.07) is 17.5. The molecule has 0 atom stereocenters. The van der Waals surface area contributed by atoms with Gasteiger partial charge < -0.3 is 30.1 Å². The fourth-order valence-electron chi connectivity index (χ4n) is 3.22. The number of nitrogens with zero attached hydrogens (tertiary/aromatic N) is 1. The van der Waals surface area contributed by atoms with Crippen LogP contribution >= 0.6 is 11.6 Å². The summed E-state index contributed by atoms with van der Waals surface area (Å²) >= 11 is 6.07. The molecule has 0 aliphatic rings. The number of benzene rings is 3. The Kier molecular flexibility index (Phi) is 9.13. The molecule has 0 aliphatic carbocycles. The Hall–Kier alpha value is -4.24. The fourth-order valence-corrected chi connectivity index (χ4v) is 3.40. The second-order valence-corrected chi connectivity index (χ2v) is 8.17. The number of hydrogen-bond acceptors (Lipinski definition) is 5. The predicted molar refractivity (Wildman–Crippen MR) is 137 cm³/mol. The van der Waals surface area contributed by atoms with Gasteiger partial charge in [0.05, 0.1) is 42.0 Å². The molecule has 0 radical (unpaired) electrons. The zero-order valence-corrected chi connectivity index (χ0v) is 20.5. The van der Waals surface area contributed by atoms with Gasteiger partial charge in [-0.1, -0.05) is 29.8 Å². The number of carbonyl (C=O) groups excluding carboxylic acids is 2. The Balaban J connectivity index is 1.52. The lowest BCUT2D eigenvalue weighted by molar-refractivity contribution is -0.129. The first-order valence-electron chi connectivity index (χ1n) is 11.0. The molecule has 0 aliphatic heterocycles. The molecule has 3 aromatic carbocycles. The van der Waals surface area contributed by atoms with Crippen LogP contribution in [-0.2, 0) is 11.2 Å². The average Bonchev–Trinajstić information content (AvgIpc) is 2.86. The first-order valence-corrected chi connectivity index (χ1v) is 11.3. The van der Waals surface area contributed by atoms with E-state index in [9.17, 15) is 14.4 Å². The highest BCUT2D eigenvalue weighted by molar-refractivity contribution is 6.33. The van der Waals surface area contributed by atoms with Crippen molar-refractivity contribution in [3.8, 4) is 11.5 Å². The van der Waals surface area contributed by atoms with E-state index >= 15 is 0 Å². The molecule has 3 rings (SSSR count). The lowest BCUT2D eigenvalue weighted by Gasteiger charge is -2.18. The minimum Gasteiger partial charge on any atom is -0.495 e. The Bertz CT molecular complexity index is 1230. The van der Waals surface area contributed by atoms with Crippen molar-refractivity contribution in [1.29, 1.82) is 0 Å². The van der Waals surface area contributed by atoms with Crippen LogP contribution in [0.3, 0.4) is 0 Å². The van der Waals surface area contributed by atoms with Gasteiger partial charge >= 0.3 is 12.0 Å². The SMILES string of the molecule is COc1cc(CC(=O)N(C)CCOc2ccc(C(=O)O)cc2)ccc1NC(=O)Nc1ccccc1Cl. The van der Waals surface area contributed by atoms with Crippen LogP contribution in [0.15, 0.2) is 66.7 Å². The Morgan fingerprint density at radius 2 is 1.67 bits per heavy atom. The van der Waals surface area contributed by atoms with Crippen LogP contribution < -0.4 is 20.1 Å². The van der Waals surface area contributed by atoms with E-state index in [-0.39, 0.29) is 24.5 Å². The summed E-state index contributed by atoms with van der Waals surface area (Å²) in [5.41, 5.74) is 1.80. The second-order valence-electron chi connectivity index (χ2n) is 7.76. The number of carbonyl (C=O) groups is 3. The van der Waals surface area contributed by atoms with E-state index in [1.165, 1.54) is 19.2 Å². The number of methoxy groups -OCH3 is 1. The minimum absolute atomic E-state index is 0.126. The molecule has 0 aromatic heterocycles. The van der Waals surface area contributed by atoms with E-state index in [4.69, 9.17) is 26.2 Å². The van der Waals surface area contributed by atoms with E-state index in [0.717, 1.165) is 0 Å². The van der Waals surface area contributed by atoms with Gasteiger partial charge in [-0.15, -0.1) is 0 Å². The van der Waals surface area contributed by atoms with Crippen LogP contribution in [-0.4, -0.2) is 55.2 Å². The van der Waals surface area contributed by atoms with Gasteiger partial charge in [0, 0.05) is 7.05 Å². The highest BCUT2D eigenvalue weighted by Gasteiger charge is 2.14. The summed E-state index contributed by atoms with van der Waals surface area (Å²) in [7, 11) is 3.15. The molecule has 0 unspecified atom stereocenters. The van der Waals surface area contributed by atoms with E-state index in [2.05, 4.69) is 10.6 Å². The van der Waals surface area contributed by atoms with Crippen LogP contribution in [0.2, 0.25) is 5.02 Å². The van der Waals surface area contributed by atoms with Crippen LogP contribution in [0.5, 0.6) is 11.5 Å². The Morgan fingerprint density at radius 1 is 0.972 bits per heavy atom. The molecule has 3 aromatic rings. The van der Waals surface area contributed by atoms with Crippen LogP contribution in [0.1, 0.15) is 15.9 Å². The maximum atomic E-state index is 12.6. The lowest BCUT2D eigenvalue weighted by atomic mass is 10.1. The first kappa shape index (κ1) is 26.4. The van der Waals surface area contributed by atoms with E-state index in [0.29, 0.717) is 40.0 Å². The minimum atomic E-state index is -1.01. The first-order chi connectivity index (χ1) is 17.3. The molecule has 9 nitrogen and oxygen atoms in total. The van der Waals surface area contributed by atoms with Gasteiger partial charge in [0.2, 0.25) is 5.91 Å². The van der Waals surface area contributed by atoms with Gasteiger partial charge in [0.25, 0.3) is 0 Å². The number of ether oxygens (including phenoxy) is 2. The van der Waals surface area contributed by atoms with E-state index < -0.39 is 12.0 Å². The van der Waals surface area contributed by atoms with Crippen molar-refractivity contribution in [3.05, 3.63) is 82.9 Å². The number of amides is 3. The van der Waals surface area contributed by atoms with Gasteiger partial charge in [0.15, 0.2) is 0 Å². The molecule has 3 N–H and O–H groups in total. The summed E-state index contributed by atoms with van der Waals surface area (Å²) in [6.45, 7) is 0.597. The number of carboxylic acid groups (broad SMARTS) is 1. The van der Waals surface area contributed by atoms with Crippen LogP contribution in [0, 0.1) is 0 Å². The molecule has 0 saturated heterocycles. The number of aromatic carboxylic acids is 1. The largest absolute Gasteiger partial charge is 0.495 e. The third kappa shape index (κ3) is 7.38. The van der Waals surface area contributed by atoms with Crippen molar-refractivity contribution in [1.82, 2.24) is 4.90 Å². The summed E-state index contributed by atoms with van der Waals surface area (Å²) in [5.74, 6) is -0.204. The van der Waals surface area contributed by atoms with E-state index in [1.54, 1.807) is 66.5 Å². The van der Waals surface area contributed by atoms with Gasteiger partial charge in [-0.2, -0.15) is 0 Å².